The first kappa shape index (κ1) is 14.8. The molecule has 2 aromatic rings. The molecule has 110 valence electrons. The maximum atomic E-state index is 12.1. The van der Waals surface area contributed by atoms with Gasteiger partial charge in [0.05, 0.1) is 6.42 Å². The molecule has 0 spiro atoms. The lowest BCUT2D eigenvalue weighted by atomic mass is 10.1. The molecule has 5 nitrogen and oxygen atoms in total. The highest BCUT2D eigenvalue weighted by atomic mass is 19.4. The summed E-state index contributed by atoms with van der Waals surface area (Å²) < 4.78 is 40.1. The maximum absolute atomic E-state index is 12.1. The molecular weight excluding hydrogens is 287 g/mol. The Morgan fingerprint density at radius 2 is 2.05 bits per heavy atom. The van der Waals surface area contributed by atoms with E-state index in [4.69, 9.17) is 0 Å². The third-order valence-electron chi connectivity index (χ3n) is 2.34. The summed E-state index contributed by atoms with van der Waals surface area (Å²) in [5.74, 6) is -0.517. The Kier molecular flexibility index (Phi) is 4.36. The number of amides is 1. The van der Waals surface area contributed by atoms with Gasteiger partial charge in [0, 0.05) is 6.20 Å². The fourth-order valence-corrected chi connectivity index (χ4v) is 1.59. The van der Waals surface area contributed by atoms with Crippen LogP contribution in [0.4, 0.5) is 19.0 Å². The van der Waals surface area contributed by atoms with Crippen LogP contribution >= 0.6 is 0 Å². The Bertz CT molecular complexity index is 618. The minimum Gasteiger partial charge on any atom is -0.406 e. The average Bonchev–Trinajstić information content (AvgIpc) is 2.38. The minimum atomic E-state index is -4.76. The first-order chi connectivity index (χ1) is 9.92. The van der Waals surface area contributed by atoms with Crippen molar-refractivity contribution in [3.8, 4) is 5.75 Å². The summed E-state index contributed by atoms with van der Waals surface area (Å²) in [5, 5.41) is 9.74. The van der Waals surface area contributed by atoms with Crippen molar-refractivity contribution in [1.82, 2.24) is 10.2 Å². The second kappa shape index (κ2) is 6.21. The summed E-state index contributed by atoms with van der Waals surface area (Å²) in [6.45, 7) is 0. The number of aromatic nitrogens is 2. The van der Waals surface area contributed by atoms with E-state index in [1.165, 1.54) is 18.3 Å². The zero-order valence-corrected chi connectivity index (χ0v) is 10.6. The van der Waals surface area contributed by atoms with E-state index in [1.54, 1.807) is 12.1 Å². The number of nitrogens with zero attached hydrogens (tertiary/aromatic N) is 2. The lowest BCUT2D eigenvalue weighted by Crippen LogP contribution is -2.18. The molecule has 1 N–H and O–H groups in total. The molecule has 0 bridgehead atoms. The van der Waals surface area contributed by atoms with Crippen molar-refractivity contribution in [2.24, 2.45) is 0 Å². The second-order valence-corrected chi connectivity index (χ2v) is 4.03. The molecule has 0 unspecified atom stereocenters. The number of benzene rings is 1. The summed E-state index contributed by atoms with van der Waals surface area (Å²) >= 11 is 0. The highest BCUT2D eigenvalue weighted by Crippen LogP contribution is 2.23. The first-order valence-electron chi connectivity index (χ1n) is 5.84. The van der Waals surface area contributed by atoms with Gasteiger partial charge in [-0.15, -0.1) is 18.3 Å². The van der Waals surface area contributed by atoms with Crippen LogP contribution in [0.25, 0.3) is 0 Å². The highest BCUT2D eigenvalue weighted by Gasteiger charge is 2.31. The number of halogens is 3. The molecule has 0 saturated heterocycles. The molecule has 0 aliphatic rings. The minimum absolute atomic E-state index is 0.106. The number of alkyl halides is 3. The summed E-state index contributed by atoms with van der Waals surface area (Å²) in [7, 11) is 0. The molecular formula is C13H10F3N3O2. The largest absolute Gasteiger partial charge is 0.573 e. The number of hydrogen-bond donors (Lipinski definition) is 1. The van der Waals surface area contributed by atoms with Crippen molar-refractivity contribution in [2.75, 3.05) is 5.32 Å². The molecule has 0 aliphatic carbocycles. The van der Waals surface area contributed by atoms with Gasteiger partial charge in [-0.05, 0) is 29.8 Å². The SMILES string of the molecule is O=C(Cc1cccc(OC(F)(F)F)c1)Nc1cccnn1. The quantitative estimate of drug-likeness (QED) is 0.942. The van der Waals surface area contributed by atoms with Crippen LogP contribution in [0.3, 0.4) is 0 Å². The molecule has 1 amide bonds. The Labute approximate surface area is 117 Å². The smallest absolute Gasteiger partial charge is 0.406 e. The Balaban J connectivity index is 1.99. The number of carbonyl (C=O) groups is 1. The van der Waals surface area contributed by atoms with E-state index < -0.39 is 12.3 Å². The lowest BCUT2D eigenvalue weighted by Gasteiger charge is -2.10. The number of hydrogen-bond acceptors (Lipinski definition) is 4. The molecule has 0 atom stereocenters. The zero-order chi connectivity index (χ0) is 15.3. The van der Waals surface area contributed by atoms with E-state index in [9.17, 15) is 18.0 Å². The molecule has 8 heteroatoms. The molecule has 1 aromatic carbocycles. The molecule has 0 aliphatic heterocycles. The Morgan fingerprint density at radius 3 is 2.71 bits per heavy atom. The van der Waals surface area contributed by atoms with Gasteiger partial charge in [-0.1, -0.05) is 12.1 Å². The van der Waals surface area contributed by atoms with Crippen LogP contribution in [0.5, 0.6) is 5.75 Å². The van der Waals surface area contributed by atoms with Crippen LogP contribution in [-0.2, 0) is 11.2 Å². The molecule has 0 saturated carbocycles. The van der Waals surface area contributed by atoms with Gasteiger partial charge in [-0.25, -0.2) is 0 Å². The van der Waals surface area contributed by atoms with Gasteiger partial charge >= 0.3 is 6.36 Å². The summed E-state index contributed by atoms with van der Waals surface area (Å²) in [5.41, 5.74) is 0.387. The number of nitrogens with one attached hydrogen (secondary N) is 1. The van der Waals surface area contributed by atoms with Crippen LogP contribution in [0.15, 0.2) is 42.6 Å². The standard InChI is InChI=1S/C13H10F3N3O2/c14-13(15,16)21-10-4-1-3-9(7-10)8-12(20)18-11-5-2-6-17-19-11/h1-7H,8H2,(H,18,19,20). The lowest BCUT2D eigenvalue weighted by molar-refractivity contribution is -0.274. The summed E-state index contributed by atoms with van der Waals surface area (Å²) in [6.07, 6.45) is -3.42. The van der Waals surface area contributed by atoms with Gasteiger partial charge in [-0.2, -0.15) is 5.10 Å². The van der Waals surface area contributed by atoms with E-state index >= 15 is 0 Å². The second-order valence-electron chi connectivity index (χ2n) is 4.03. The fraction of sp³-hybridized carbons (Fsp3) is 0.154. The predicted octanol–water partition coefficient (Wildman–Crippen LogP) is 2.56. The van der Waals surface area contributed by atoms with Crippen molar-refractivity contribution in [3.63, 3.8) is 0 Å². The van der Waals surface area contributed by atoms with Crippen LogP contribution in [-0.4, -0.2) is 22.5 Å². The van der Waals surface area contributed by atoms with Crippen LogP contribution in [0, 0.1) is 0 Å². The predicted molar refractivity (Wildman–Crippen MR) is 67.5 cm³/mol. The first-order valence-corrected chi connectivity index (χ1v) is 5.84. The van der Waals surface area contributed by atoms with Gasteiger partial charge in [0.25, 0.3) is 0 Å². The van der Waals surface area contributed by atoms with Gasteiger partial charge in [0.1, 0.15) is 5.75 Å². The van der Waals surface area contributed by atoms with Gasteiger partial charge < -0.3 is 10.1 Å². The van der Waals surface area contributed by atoms with E-state index in [0.717, 1.165) is 12.1 Å². The molecule has 0 fully saturated rings. The Morgan fingerprint density at radius 1 is 1.24 bits per heavy atom. The van der Waals surface area contributed by atoms with Gasteiger partial charge in [-0.3, -0.25) is 4.79 Å². The number of carbonyl (C=O) groups excluding carboxylic acids is 1. The topological polar surface area (TPSA) is 64.1 Å². The van der Waals surface area contributed by atoms with E-state index in [1.807, 2.05) is 0 Å². The Hall–Kier alpha value is -2.64. The third-order valence-corrected chi connectivity index (χ3v) is 2.34. The molecule has 21 heavy (non-hydrogen) atoms. The van der Waals surface area contributed by atoms with Gasteiger partial charge in [0.2, 0.25) is 5.91 Å². The monoisotopic (exact) mass is 297 g/mol. The maximum Gasteiger partial charge on any atom is 0.573 e. The summed E-state index contributed by atoms with van der Waals surface area (Å²) in [4.78, 5) is 11.7. The zero-order valence-electron chi connectivity index (χ0n) is 10.6. The van der Waals surface area contributed by atoms with Crippen LogP contribution < -0.4 is 10.1 Å². The number of ether oxygens (including phenoxy) is 1. The van der Waals surface area contributed by atoms with Gasteiger partial charge in [0.15, 0.2) is 5.82 Å². The van der Waals surface area contributed by atoms with E-state index in [-0.39, 0.29) is 18.0 Å². The number of anilines is 1. The van der Waals surface area contributed by atoms with Crippen molar-refractivity contribution in [1.29, 1.82) is 0 Å². The molecule has 2 rings (SSSR count). The normalized spacial score (nSPS) is 11.0. The van der Waals surface area contributed by atoms with Crippen molar-refractivity contribution in [3.05, 3.63) is 48.2 Å². The average molecular weight is 297 g/mol. The number of rotatable bonds is 4. The highest BCUT2D eigenvalue weighted by molar-refractivity contribution is 5.91. The van der Waals surface area contributed by atoms with Crippen LogP contribution in [0.1, 0.15) is 5.56 Å². The fourth-order valence-electron chi connectivity index (χ4n) is 1.59. The van der Waals surface area contributed by atoms with Crippen molar-refractivity contribution >= 4 is 11.7 Å². The summed E-state index contributed by atoms with van der Waals surface area (Å²) in [6, 6.07) is 8.38. The van der Waals surface area contributed by atoms with E-state index in [0.29, 0.717) is 5.56 Å². The third kappa shape index (κ3) is 5.09. The van der Waals surface area contributed by atoms with Crippen molar-refractivity contribution in [2.45, 2.75) is 12.8 Å². The van der Waals surface area contributed by atoms with E-state index in [2.05, 4.69) is 20.3 Å². The van der Waals surface area contributed by atoms with Crippen molar-refractivity contribution < 1.29 is 22.7 Å². The molecule has 1 aromatic heterocycles. The van der Waals surface area contributed by atoms with Crippen LogP contribution in [0.2, 0.25) is 0 Å². The molecule has 1 heterocycles. The molecule has 0 radical (unpaired) electrons.